The Morgan fingerprint density at radius 3 is 2.53 bits per heavy atom. The van der Waals surface area contributed by atoms with Gasteiger partial charge in [0.25, 0.3) is 5.91 Å². The summed E-state index contributed by atoms with van der Waals surface area (Å²) >= 11 is 1.77. The molecular formula is C22H31N5O2S. The predicted octanol–water partition coefficient (Wildman–Crippen LogP) is 2.73. The lowest BCUT2D eigenvalue weighted by Gasteiger charge is -2.36. The largest absolute Gasteiger partial charge is 0.368 e. The highest BCUT2D eigenvalue weighted by molar-refractivity contribution is 7.18. The fraction of sp³-hybridized carbons (Fsp3) is 0.682. The predicted molar refractivity (Wildman–Crippen MR) is 119 cm³/mol. The van der Waals surface area contributed by atoms with Gasteiger partial charge in [0.1, 0.15) is 22.6 Å². The van der Waals surface area contributed by atoms with Gasteiger partial charge in [0, 0.05) is 37.7 Å². The maximum Gasteiger partial charge on any atom is 0.251 e. The number of anilines is 1. The molecule has 3 fully saturated rings. The van der Waals surface area contributed by atoms with Crippen LogP contribution in [0.1, 0.15) is 41.9 Å². The average molecular weight is 430 g/mol. The van der Waals surface area contributed by atoms with Crippen molar-refractivity contribution >= 4 is 33.3 Å². The maximum atomic E-state index is 12.7. The van der Waals surface area contributed by atoms with E-state index in [1.165, 1.54) is 28.7 Å². The van der Waals surface area contributed by atoms with Gasteiger partial charge in [-0.2, -0.15) is 0 Å². The zero-order valence-electron chi connectivity index (χ0n) is 18.0. The summed E-state index contributed by atoms with van der Waals surface area (Å²) in [4.78, 5) is 31.9. The van der Waals surface area contributed by atoms with E-state index in [0.29, 0.717) is 6.61 Å². The normalized spacial score (nSPS) is 23.1. The molecule has 7 nitrogen and oxygen atoms in total. The first kappa shape index (κ1) is 20.2. The first-order valence-electron chi connectivity index (χ1n) is 11.2. The number of hydrogen-bond acceptors (Lipinski definition) is 7. The lowest BCUT2D eigenvalue weighted by molar-refractivity contribution is -0.141. The van der Waals surface area contributed by atoms with E-state index in [0.717, 1.165) is 75.1 Å². The fourth-order valence-electron chi connectivity index (χ4n) is 4.83. The number of carbonyl (C=O) groups is 1. The highest BCUT2D eigenvalue weighted by atomic mass is 32.1. The van der Waals surface area contributed by atoms with Crippen molar-refractivity contribution in [2.45, 2.75) is 52.2 Å². The third-order valence-corrected chi connectivity index (χ3v) is 7.82. The molecule has 30 heavy (non-hydrogen) atoms. The molecule has 162 valence electrons. The number of thiophene rings is 1. The Morgan fingerprint density at radius 1 is 1.07 bits per heavy atom. The molecule has 0 saturated carbocycles. The lowest BCUT2D eigenvalue weighted by atomic mass is 10.1. The van der Waals surface area contributed by atoms with Crippen LogP contribution in [0.2, 0.25) is 0 Å². The number of piperazine rings is 1. The van der Waals surface area contributed by atoms with Crippen LogP contribution in [0.3, 0.4) is 0 Å². The van der Waals surface area contributed by atoms with Crippen LogP contribution in [0.15, 0.2) is 0 Å². The summed E-state index contributed by atoms with van der Waals surface area (Å²) in [5.41, 5.74) is 1.29. The van der Waals surface area contributed by atoms with Crippen molar-refractivity contribution in [1.29, 1.82) is 0 Å². The van der Waals surface area contributed by atoms with Gasteiger partial charge in [-0.25, -0.2) is 9.97 Å². The molecule has 0 radical (unpaired) electrons. The second-order valence-corrected chi connectivity index (χ2v) is 9.93. The zero-order valence-corrected chi connectivity index (χ0v) is 18.8. The smallest absolute Gasteiger partial charge is 0.251 e. The molecule has 2 aromatic heterocycles. The number of ether oxygens (including phenoxy) is 1. The molecule has 1 amide bonds. The summed E-state index contributed by atoms with van der Waals surface area (Å²) in [7, 11) is 0. The Balaban J connectivity index is 1.38. The number of fused-ring (bicyclic) bond motifs is 1. The summed E-state index contributed by atoms with van der Waals surface area (Å²) in [6.07, 6.45) is 4.17. The molecule has 8 heteroatoms. The molecule has 3 aliphatic rings. The van der Waals surface area contributed by atoms with Gasteiger partial charge >= 0.3 is 0 Å². The Hall–Kier alpha value is -1.77. The van der Waals surface area contributed by atoms with Gasteiger partial charge in [0.15, 0.2) is 0 Å². The minimum atomic E-state index is -0.226. The number of hydrogen-bond donors (Lipinski definition) is 0. The van der Waals surface area contributed by atoms with E-state index >= 15 is 0 Å². The molecule has 0 bridgehead atoms. The van der Waals surface area contributed by atoms with Crippen LogP contribution in [0.4, 0.5) is 5.82 Å². The number of carbonyl (C=O) groups excluding carboxylic acids is 1. The maximum absolute atomic E-state index is 12.7. The Kier molecular flexibility index (Phi) is 5.64. The van der Waals surface area contributed by atoms with Crippen molar-refractivity contribution in [3.05, 3.63) is 16.3 Å². The molecule has 3 saturated heterocycles. The van der Waals surface area contributed by atoms with Crippen molar-refractivity contribution < 1.29 is 9.53 Å². The van der Waals surface area contributed by atoms with Crippen LogP contribution in [0.25, 0.3) is 10.2 Å². The van der Waals surface area contributed by atoms with Gasteiger partial charge in [0.2, 0.25) is 0 Å². The van der Waals surface area contributed by atoms with Crippen molar-refractivity contribution in [3.63, 3.8) is 0 Å². The molecule has 0 N–H and O–H groups in total. The average Bonchev–Trinajstić information content (AvgIpc) is 3.51. The van der Waals surface area contributed by atoms with Crippen molar-refractivity contribution in [1.82, 2.24) is 19.8 Å². The number of aryl methyl sites for hydroxylation is 2. The van der Waals surface area contributed by atoms with Crippen LogP contribution in [0, 0.1) is 13.8 Å². The Labute approximate surface area is 182 Å². The topological polar surface area (TPSA) is 61.8 Å². The molecule has 2 aromatic rings. The second kappa shape index (κ2) is 8.40. The van der Waals surface area contributed by atoms with Crippen molar-refractivity contribution in [2.75, 3.05) is 50.8 Å². The first-order valence-corrected chi connectivity index (χ1v) is 12.1. The van der Waals surface area contributed by atoms with Gasteiger partial charge in [-0.1, -0.05) is 0 Å². The van der Waals surface area contributed by atoms with Crippen LogP contribution >= 0.6 is 11.3 Å². The highest BCUT2D eigenvalue weighted by Crippen LogP contribution is 2.35. The summed E-state index contributed by atoms with van der Waals surface area (Å²) < 4.78 is 5.61. The van der Waals surface area contributed by atoms with E-state index in [4.69, 9.17) is 14.7 Å². The molecule has 0 unspecified atom stereocenters. The quantitative estimate of drug-likeness (QED) is 0.745. The molecule has 3 aliphatic heterocycles. The molecule has 0 spiro atoms. The minimum Gasteiger partial charge on any atom is -0.368 e. The van der Waals surface area contributed by atoms with Gasteiger partial charge in [0.05, 0.1) is 11.9 Å². The van der Waals surface area contributed by atoms with Crippen LogP contribution < -0.4 is 4.90 Å². The number of amides is 1. The summed E-state index contributed by atoms with van der Waals surface area (Å²) in [6, 6.07) is 0. The van der Waals surface area contributed by atoms with Crippen molar-refractivity contribution in [2.24, 2.45) is 0 Å². The van der Waals surface area contributed by atoms with Gasteiger partial charge in [-0.15, -0.1) is 11.3 Å². The standard InChI is InChI=1S/C22H31N5O2S/c1-15-16(2)30-21-19(15)20(23-18(24-21)14-25-7-3-4-8-25)26-9-11-27(12-10-26)22(28)17-6-5-13-29-17/h17H,3-14H2,1-2H3/t17-/m0/s1. The number of likely N-dealkylation sites (tertiary alicyclic amines) is 1. The van der Waals surface area contributed by atoms with Crippen LogP contribution in [0.5, 0.6) is 0 Å². The summed E-state index contributed by atoms with van der Waals surface area (Å²) in [5, 5.41) is 1.20. The van der Waals surface area contributed by atoms with Gasteiger partial charge < -0.3 is 14.5 Å². The van der Waals surface area contributed by atoms with E-state index in [1.54, 1.807) is 11.3 Å². The van der Waals surface area contributed by atoms with Crippen LogP contribution in [-0.4, -0.2) is 77.7 Å². The van der Waals surface area contributed by atoms with Gasteiger partial charge in [-0.3, -0.25) is 9.69 Å². The highest BCUT2D eigenvalue weighted by Gasteiger charge is 2.31. The van der Waals surface area contributed by atoms with Gasteiger partial charge in [-0.05, 0) is 58.2 Å². The number of nitrogens with zero attached hydrogens (tertiary/aromatic N) is 5. The second-order valence-electron chi connectivity index (χ2n) is 8.72. The van der Waals surface area contributed by atoms with E-state index in [9.17, 15) is 4.79 Å². The van der Waals surface area contributed by atoms with Crippen molar-refractivity contribution in [3.8, 4) is 0 Å². The molecular weight excluding hydrogens is 398 g/mol. The Bertz CT molecular complexity index is 925. The first-order chi connectivity index (χ1) is 14.6. The zero-order chi connectivity index (χ0) is 20.7. The fourth-order valence-corrected chi connectivity index (χ4v) is 5.87. The van der Waals surface area contributed by atoms with E-state index in [1.807, 2.05) is 4.90 Å². The third-order valence-electron chi connectivity index (χ3n) is 6.72. The lowest BCUT2D eigenvalue weighted by Crippen LogP contribution is -2.51. The number of aromatic nitrogens is 2. The SMILES string of the molecule is Cc1sc2nc(CN3CCCC3)nc(N3CCN(C(=O)[C@@H]4CCCO4)CC3)c2c1C. The molecule has 1 atom stereocenters. The summed E-state index contributed by atoms with van der Waals surface area (Å²) in [6.45, 7) is 11.3. The molecule has 5 heterocycles. The Morgan fingerprint density at radius 2 is 1.83 bits per heavy atom. The summed E-state index contributed by atoms with van der Waals surface area (Å²) in [5.74, 6) is 2.15. The van der Waals surface area contributed by atoms with E-state index in [-0.39, 0.29) is 12.0 Å². The third kappa shape index (κ3) is 3.81. The molecule has 5 rings (SSSR count). The number of rotatable bonds is 4. The molecule has 0 aromatic carbocycles. The minimum absolute atomic E-state index is 0.164. The van der Waals surface area contributed by atoms with E-state index < -0.39 is 0 Å². The molecule has 0 aliphatic carbocycles. The van der Waals surface area contributed by atoms with E-state index in [2.05, 4.69) is 23.6 Å². The van der Waals surface area contributed by atoms with Crippen LogP contribution in [-0.2, 0) is 16.1 Å². The monoisotopic (exact) mass is 429 g/mol.